The van der Waals surface area contributed by atoms with Crippen molar-refractivity contribution in [1.29, 1.82) is 5.26 Å². The van der Waals surface area contributed by atoms with E-state index < -0.39 is 0 Å². The molecule has 0 unspecified atom stereocenters. The lowest BCUT2D eigenvalue weighted by atomic mass is 10.2. The number of nitrogens with one attached hydrogen (secondary N) is 1. The number of allylic oxidation sites excluding steroid dienone is 1. The van der Waals surface area contributed by atoms with Gasteiger partial charge >= 0.3 is 0 Å². The molecule has 25 heavy (non-hydrogen) atoms. The first kappa shape index (κ1) is 17.4. The van der Waals surface area contributed by atoms with E-state index in [-0.39, 0.29) is 5.82 Å². The molecule has 0 fully saturated rings. The van der Waals surface area contributed by atoms with Crippen molar-refractivity contribution in [3.63, 3.8) is 0 Å². The Morgan fingerprint density at radius 1 is 1.16 bits per heavy atom. The fourth-order valence-electron chi connectivity index (χ4n) is 2.03. The van der Waals surface area contributed by atoms with Crippen LogP contribution in [0.4, 0.5) is 10.1 Å². The summed E-state index contributed by atoms with van der Waals surface area (Å²) >= 11 is 13.3. The molecule has 1 heterocycles. The van der Waals surface area contributed by atoms with Crippen molar-refractivity contribution in [2.75, 3.05) is 5.32 Å². The number of hydrogen-bond acceptors (Lipinski definition) is 4. The van der Waals surface area contributed by atoms with Gasteiger partial charge in [-0.2, -0.15) is 5.26 Å². The zero-order valence-corrected chi connectivity index (χ0v) is 15.0. The molecule has 0 bridgehead atoms. The summed E-state index contributed by atoms with van der Waals surface area (Å²) in [5.74, 6) is -0.318. The lowest BCUT2D eigenvalue weighted by Crippen LogP contribution is -1.91. The minimum Gasteiger partial charge on any atom is -0.360 e. The van der Waals surface area contributed by atoms with Crippen LogP contribution in [0.5, 0.6) is 0 Å². The van der Waals surface area contributed by atoms with Gasteiger partial charge in [0.2, 0.25) is 0 Å². The molecule has 0 spiro atoms. The van der Waals surface area contributed by atoms with E-state index in [1.807, 2.05) is 11.4 Å². The van der Waals surface area contributed by atoms with Crippen LogP contribution in [-0.4, -0.2) is 4.98 Å². The highest BCUT2D eigenvalue weighted by Crippen LogP contribution is 2.30. The van der Waals surface area contributed by atoms with Gasteiger partial charge in [0, 0.05) is 22.8 Å². The molecule has 7 heteroatoms. The van der Waals surface area contributed by atoms with Crippen molar-refractivity contribution < 1.29 is 4.39 Å². The molecule has 0 radical (unpaired) electrons. The third kappa shape index (κ3) is 4.18. The third-order valence-electron chi connectivity index (χ3n) is 3.30. The topological polar surface area (TPSA) is 48.7 Å². The first-order valence-electron chi connectivity index (χ1n) is 7.10. The van der Waals surface area contributed by atoms with Gasteiger partial charge in [0.15, 0.2) is 0 Å². The second-order valence-corrected chi connectivity index (χ2v) is 6.66. The molecule has 3 rings (SSSR count). The Labute approximate surface area is 158 Å². The maximum Gasteiger partial charge on any atom is 0.136 e. The summed E-state index contributed by atoms with van der Waals surface area (Å²) in [5, 5.41) is 15.7. The van der Waals surface area contributed by atoms with Crippen LogP contribution < -0.4 is 5.32 Å². The van der Waals surface area contributed by atoms with Crippen molar-refractivity contribution in [3.8, 4) is 17.3 Å². The number of benzene rings is 2. The van der Waals surface area contributed by atoms with Gasteiger partial charge in [-0.05, 0) is 36.4 Å². The fraction of sp³-hybridized carbons (Fsp3) is 0. The Bertz CT molecular complexity index is 975. The molecule has 0 aliphatic rings. The molecule has 0 amide bonds. The van der Waals surface area contributed by atoms with Gasteiger partial charge in [0.25, 0.3) is 0 Å². The quantitative estimate of drug-likeness (QED) is 0.537. The Hall–Kier alpha value is -2.39. The maximum atomic E-state index is 12.9. The van der Waals surface area contributed by atoms with Gasteiger partial charge in [-0.25, -0.2) is 9.37 Å². The van der Waals surface area contributed by atoms with Crippen molar-refractivity contribution in [3.05, 3.63) is 74.9 Å². The molecule has 3 aromatic rings. The molecule has 3 nitrogen and oxygen atoms in total. The van der Waals surface area contributed by atoms with Crippen LogP contribution in [0.2, 0.25) is 10.0 Å². The Kier molecular flexibility index (Phi) is 5.34. The van der Waals surface area contributed by atoms with Gasteiger partial charge in [-0.3, -0.25) is 0 Å². The molecule has 124 valence electrons. The smallest absolute Gasteiger partial charge is 0.136 e. The van der Waals surface area contributed by atoms with Gasteiger partial charge in [0.1, 0.15) is 22.5 Å². The summed E-state index contributed by atoms with van der Waals surface area (Å²) in [6, 6.07) is 13.2. The largest absolute Gasteiger partial charge is 0.360 e. The maximum absolute atomic E-state index is 12.9. The number of rotatable bonds is 4. The zero-order valence-electron chi connectivity index (χ0n) is 12.6. The first-order valence-corrected chi connectivity index (χ1v) is 8.74. The average molecular weight is 390 g/mol. The van der Waals surface area contributed by atoms with Crippen molar-refractivity contribution in [1.82, 2.24) is 4.98 Å². The lowest BCUT2D eigenvalue weighted by Gasteiger charge is -2.01. The molecule has 0 aliphatic carbocycles. The standard InChI is InChI=1S/C18H10Cl2FN3S/c19-15-6-1-11(7-16(15)20)17-10-25-18(24-17)12(8-22)9-23-14-4-2-13(21)3-5-14/h1-7,9-10,23H/b12-9-. The minimum absolute atomic E-state index is 0.318. The average Bonchev–Trinajstić information content (AvgIpc) is 3.09. The van der Waals surface area contributed by atoms with Crippen LogP contribution in [0, 0.1) is 17.1 Å². The fourth-order valence-corrected chi connectivity index (χ4v) is 3.12. The van der Waals surface area contributed by atoms with Crippen LogP contribution in [0.1, 0.15) is 5.01 Å². The molecular formula is C18H10Cl2FN3S. The van der Waals surface area contributed by atoms with Crippen molar-refractivity contribution in [2.45, 2.75) is 0 Å². The number of aromatic nitrogens is 1. The van der Waals surface area contributed by atoms with Gasteiger partial charge in [-0.15, -0.1) is 11.3 Å². The highest BCUT2D eigenvalue weighted by atomic mass is 35.5. The summed E-state index contributed by atoms with van der Waals surface area (Å²) < 4.78 is 12.9. The molecule has 2 aromatic carbocycles. The number of anilines is 1. The number of hydrogen-bond donors (Lipinski definition) is 1. The first-order chi connectivity index (χ1) is 12.1. The van der Waals surface area contributed by atoms with E-state index in [0.29, 0.717) is 32.0 Å². The summed E-state index contributed by atoms with van der Waals surface area (Å²) in [6.45, 7) is 0. The summed E-state index contributed by atoms with van der Waals surface area (Å²) in [7, 11) is 0. The predicted octanol–water partition coefficient (Wildman–Crippen LogP) is 6.23. The highest BCUT2D eigenvalue weighted by molar-refractivity contribution is 7.11. The molecule has 1 N–H and O–H groups in total. The molecular weight excluding hydrogens is 380 g/mol. The Morgan fingerprint density at radius 2 is 1.92 bits per heavy atom. The lowest BCUT2D eigenvalue weighted by molar-refractivity contribution is 0.628. The van der Waals surface area contributed by atoms with E-state index in [1.54, 1.807) is 30.5 Å². The van der Waals surface area contributed by atoms with E-state index in [0.717, 1.165) is 5.56 Å². The van der Waals surface area contributed by atoms with Crippen LogP contribution in [0.25, 0.3) is 16.8 Å². The van der Waals surface area contributed by atoms with Crippen molar-refractivity contribution >= 4 is 45.8 Å². The second kappa shape index (κ2) is 7.66. The van der Waals surface area contributed by atoms with Gasteiger partial charge in [-0.1, -0.05) is 29.3 Å². The normalized spacial score (nSPS) is 11.2. The molecule has 0 saturated heterocycles. The van der Waals surface area contributed by atoms with Gasteiger partial charge < -0.3 is 5.32 Å². The number of halogens is 3. The van der Waals surface area contributed by atoms with E-state index in [1.165, 1.54) is 23.5 Å². The number of nitrogens with zero attached hydrogens (tertiary/aromatic N) is 2. The Balaban J connectivity index is 1.83. The van der Waals surface area contributed by atoms with Crippen molar-refractivity contribution in [2.24, 2.45) is 0 Å². The van der Waals surface area contributed by atoms with Crippen LogP contribution in [0.15, 0.2) is 54.0 Å². The summed E-state index contributed by atoms with van der Waals surface area (Å²) in [4.78, 5) is 4.47. The van der Waals surface area contributed by atoms with E-state index >= 15 is 0 Å². The number of thiazole rings is 1. The van der Waals surface area contributed by atoms with Crippen LogP contribution in [-0.2, 0) is 0 Å². The SMILES string of the molecule is N#C/C(=C/Nc1ccc(F)cc1)c1nc(-c2ccc(Cl)c(Cl)c2)cs1. The van der Waals surface area contributed by atoms with Gasteiger partial charge in [0.05, 0.1) is 15.7 Å². The highest BCUT2D eigenvalue weighted by Gasteiger charge is 2.10. The third-order valence-corrected chi connectivity index (χ3v) is 4.91. The second-order valence-electron chi connectivity index (χ2n) is 4.99. The van der Waals surface area contributed by atoms with E-state index in [9.17, 15) is 9.65 Å². The molecule has 0 aliphatic heterocycles. The molecule has 0 saturated carbocycles. The monoisotopic (exact) mass is 389 g/mol. The predicted molar refractivity (Wildman–Crippen MR) is 101 cm³/mol. The molecule has 0 atom stereocenters. The minimum atomic E-state index is -0.318. The van der Waals surface area contributed by atoms with E-state index in [2.05, 4.69) is 16.4 Å². The zero-order chi connectivity index (χ0) is 17.8. The number of nitriles is 1. The van der Waals surface area contributed by atoms with Crippen LogP contribution >= 0.6 is 34.5 Å². The molecule has 1 aromatic heterocycles. The van der Waals surface area contributed by atoms with E-state index in [4.69, 9.17) is 23.2 Å². The summed E-state index contributed by atoms with van der Waals surface area (Å²) in [5.41, 5.74) is 2.58. The van der Waals surface area contributed by atoms with Crippen LogP contribution in [0.3, 0.4) is 0 Å². The Morgan fingerprint density at radius 3 is 2.60 bits per heavy atom. The summed E-state index contributed by atoms with van der Waals surface area (Å²) in [6.07, 6.45) is 1.55.